The fourth-order valence-electron chi connectivity index (χ4n) is 1.78. The fraction of sp³-hybridized carbons (Fsp3) is 0.429. The van der Waals surface area contributed by atoms with Gasteiger partial charge < -0.3 is 22.1 Å². The number of carbonyl (C=O) groups is 2. The molecule has 0 radical (unpaired) electrons. The summed E-state index contributed by atoms with van der Waals surface area (Å²) in [5.41, 5.74) is 12.1. The van der Waals surface area contributed by atoms with Crippen molar-refractivity contribution in [2.45, 2.75) is 31.3 Å². The summed E-state index contributed by atoms with van der Waals surface area (Å²) in [7, 11) is 0. The van der Waals surface area contributed by atoms with Crippen molar-refractivity contribution in [3.05, 3.63) is 35.4 Å². The zero-order chi connectivity index (χ0) is 15.8. The van der Waals surface area contributed by atoms with Gasteiger partial charge in [-0.15, -0.1) is 0 Å². The lowest BCUT2D eigenvalue weighted by molar-refractivity contribution is -0.119. The minimum absolute atomic E-state index is 0.0614. The van der Waals surface area contributed by atoms with Crippen LogP contribution in [0, 0.1) is 0 Å². The summed E-state index contributed by atoms with van der Waals surface area (Å²) in [5.74, 6) is -0.927. The second kappa shape index (κ2) is 8.66. The predicted octanol–water partition coefficient (Wildman–Crippen LogP) is -0.0155. The third-order valence-corrected chi connectivity index (χ3v) is 3.08. The van der Waals surface area contributed by atoms with Crippen LogP contribution >= 0.6 is 12.6 Å². The highest BCUT2D eigenvalue weighted by molar-refractivity contribution is 7.80. The SMILES string of the molecule is CC(S)NCc1cccc(C(=O)N[C@@H](CCN)C(N)=O)c1. The van der Waals surface area contributed by atoms with Gasteiger partial charge in [-0.05, 0) is 37.6 Å². The minimum atomic E-state index is -0.748. The smallest absolute Gasteiger partial charge is 0.251 e. The standard InChI is InChI=1S/C14H22N4O2S/c1-9(21)17-8-10-3-2-4-11(7-10)14(20)18-12(5-6-15)13(16)19/h2-4,7,9,12,17,21H,5-6,8,15H2,1H3,(H2,16,19)(H,18,20)/t9?,12-/m0/s1. The molecule has 0 saturated carbocycles. The van der Waals surface area contributed by atoms with Gasteiger partial charge in [0.25, 0.3) is 5.91 Å². The molecule has 0 aliphatic rings. The van der Waals surface area contributed by atoms with Gasteiger partial charge in [-0.25, -0.2) is 0 Å². The molecule has 2 atom stereocenters. The zero-order valence-corrected chi connectivity index (χ0v) is 12.9. The lowest BCUT2D eigenvalue weighted by Gasteiger charge is -2.15. The first-order valence-electron chi connectivity index (χ1n) is 6.74. The van der Waals surface area contributed by atoms with Crippen molar-refractivity contribution in [2.75, 3.05) is 6.54 Å². The van der Waals surface area contributed by atoms with Gasteiger partial charge in [0.05, 0.1) is 0 Å². The molecule has 7 heteroatoms. The summed E-state index contributed by atoms with van der Waals surface area (Å²) in [6.45, 7) is 2.80. The highest BCUT2D eigenvalue weighted by Crippen LogP contribution is 2.07. The number of carbonyl (C=O) groups excluding carboxylic acids is 2. The molecule has 6 N–H and O–H groups in total. The van der Waals surface area contributed by atoms with E-state index in [9.17, 15) is 9.59 Å². The number of primary amides is 1. The largest absolute Gasteiger partial charge is 0.368 e. The Hall–Kier alpha value is -1.57. The van der Waals surface area contributed by atoms with E-state index < -0.39 is 11.9 Å². The summed E-state index contributed by atoms with van der Waals surface area (Å²) >= 11 is 4.23. The Kier molecular flexibility index (Phi) is 7.21. The van der Waals surface area contributed by atoms with E-state index >= 15 is 0 Å². The monoisotopic (exact) mass is 310 g/mol. The van der Waals surface area contributed by atoms with Crippen molar-refractivity contribution >= 4 is 24.4 Å². The molecular weight excluding hydrogens is 288 g/mol. The fourth-order valence-corrected chi connectivity index (χ4v) is 1.87. The molecule has 1 aromatic carbocycles. The quantitative estimate of drug-likeness (QED) is 0.343. The van der Waals surface area contributed by atoms with E-state index in [1.165, 1.54) is 0 Å². The van der Waals surface area contributed by atoms with Crippen molar-refractivity contribution < 1.29 is 9.59 Å². The number of nitrogens with two attached hydrogens (primary N) is 2. The van der Waals surface area contributed by atoms with E-state index in [0.717, 1.165) is 5.56 Å². The van der Waals surface area contributed by atoms with Gasteiger partial charge in [0.15, 0.2) is 0 Å². The first-order valence-corrected chi connectivity index (χ1v) is 7.26. The van der Waals surface area contributed by atoms with Crippen LogP contribution in [0.4, 0.5) is 0 Å². The Morgan fingerprint density at radius 3 is 2.67 bits per heavy atom. The molecule has 0 heterocycles. The van der Waals surface area contributed by atoms with Crippen LogP contribution in [0.3, 0.4) is 0 Å². The van der Waals surface area contributed by atoms with Crippen LogP contribution in [-0.2, 0) is 11.3 Å². The maximum absolute atomic E-state index is 12.1. The van der Waals surface area contributed by atoms with Crippen LogP contribution in [0.25, 0.3) is 0 Å². The molecule has 0 bridgehead atoms. The first kappa shape index (κ1) is 17.5. The maximum atomic E-state index is 12.1. The highest BCUT2D eigenvalue weighted by Gasteiger charge is 2.18. The van der Waals surface area contributed by atoms with Gasteiger partial charge in [-0.2, -0.15) is 12.6 Å². The van der Waals surface area contributed by atoms with E-state index in [0.29, 0.717) is 18.5 Å². The molecule has 0 fully saturated rings. The van der Waals surface area contributed by atoms with E-state index in [-0.39, 0.29) is 17.8 Å². The molecule has 116 valence electrons. The average Bonchev–Trinajstić information content (AvgIpc) is 2.44. The number of benzene rings is 1. The summed E-state index contributed by atoms with van der Waals surface area (Å²) in [6, 6.07) is 6.40. The number of amides is 2. The second-order valence-electron chi connectivity index (χ2n) is 4.76. The van der Waals surface area contributed by atoms with E-state index in [4.69, 9.17) is 11.5 Å². The topological polar surface area (TPSA) is 110 Å². The molecule has 0 aromatic heterocycles. The molecule has 0 saturated heterocycles. The summed E-state index contributed by atoms with van der Waals surface area (Å²) in [5, 5.41) is 5.81. The molecule has 6 nitrogen and oxygen atoms in total. The summed E-state index contributed by atoms with van der Waals surface area (Å²) < 4.78 is 0. The Morgan fingerprint density at radius 2 is 2.10 bits per heavy atom. The molecule has 0 aliphatic heterocycles. The van der Waals surface area contributed by atoms with E-state index in [2.05, 4.69) is 23.3 Å². The second-order valence-corrected chi connectivity index (χ2v) is 5.54. The molecule has 0 aliphatic carbocycles. The van der Waals surface area contributed by atoms with Crippen LogP contribution in [0.5, 0.6) is 0 Å². The highest BCUT2D eigenvalue weighted by atomic mass is 32.1. The van der Waals surface area contributed by atoms with Gasteiger partial charge in [0.2, 0.25) is 5.91 Å². The summed E-state index contributed by atoms with van der Waals surface area (Å²) in [4.78, 5) is 23.4. The van der Waals surface area contributed by atoms with Crippen molar-refractivity contribution in [3.8, 4) is 0 Å². The third kappa shape index (κ3) is 6.16. The molecule has 2 amide bonds. The minimum Gasteiger partial charge on any atom is -0.368 e. The van der Waals surface area contributed by atoms with E-state index in [1.807, 2.05) is 13.0 Å². The Labute approximate surface area is 130 Å². The number of nitrogens with one attached hydrogen (secondary N) is 2. The maximum Gasteiger partial charge on any atom is 0.251 e. The third-order valence-electron chi connectivity index (χ3n) is 2.89. The lowest BCUT2D eigenvalue weighted by Crippen LogP contribution is -2.45. The number of hydrogen-bond donors (Lipinski definition) is 5. The van der Waals surface area contributed by atoms with Gasteiger partial charge in [0.1, 0.15) is 6.04 Å². The van der Waals surface area contributed by atoms with Gasteiger partial charge in [-0.1, -0.05) is 12.1 Å². The molecule has 1 unspecified atom stereocenters. The molecule has 21 heavy (non-hydrogen) atoms. The number of thiol groups is 1. The van der Waals surface area contributed by atoms with Crippen molar-refractivity contribution in [1.29, 1.82) is 0 Å². The first-order chi connectivity index (χ1) is 9.93. The Morgan fingerprint density at radius 1 is 1.38 bits per heavy atom. The van der Waals surface area contributed by atoms with Crippen molar-refractivity contribution in [3.63, 3.8) is 0 Å². The zero-order valence-electron chi connectivity index (χ0n) is 12.0. The Balaban J connectivity index is 2.73. The van der Waals surface area contributed by atoms with Crippen LogP contribution in [0.2, 0.25) is 0 Å². The predicted molar refractivity (Wildman–Crippen MR) is 85.8 cm³/mol. The van der Waals surface area contributed by atoms with Crippen molar-refractivity contribution in [1.82, 2.24) is 10.6 Å². The average molecular weight is 310 g/mol. The molecule has 1 rings (SSSR count). The number of rotatable bonds is 8. The Bertz CT molecular complexity index is 494. The van der Waals surface area contributed by atoms with Gasteiger partial charge in [-0.3, -0.25) is 9.59 Å². The van der Waals surface area contributed by atoms with Crippen LogP contribution in [-0.4, -0.2) is 29.8 Å². The summed E-state index contributed by atoms with van der Waals surface area (Å²) in [6.07, 6.45) is 0.319. The van der Waals surface area contributed by atoms with Crippen LogP contribution in [0.15, 0.2) is 24.3 Å². The normalized spacial score (nSPS) is 13.5. The van der Waals surface area contributed by atoms with E-state index in [1.54, 1.807) is 18.2 Å². The number of hydrogen-bond acceptors (Lipinski definition) is 5. The van der Waals surface area contributed by atoms with Crippen molar-refractivity contribution in [2.24, 2.45) is 11.5 Å². The molecule has 1 aromatic rings. The van der Waals surface area contributed by atoms with Crippen LogP contribution in [0.1, 0.15) is 29.3 Å². The van der Waals surface area contributed by atoms with Crippen LogP contribution < -0.4 is 22.1 Å². The van der Waals surface area contributed by atoms with Gasteiger partial charge >= 0.3 is 0 Å². The van der Waals surface area contributed by atoms with Gasteiger partial charge in [0, 0.05) is 17.5 Å². The molecular formula is C14H22N4O2S. The molecule has 0 spiro atoms. The lowest BCUT2D eigenvalue weighted by atomic mass is 10.1.